The van der Waals surface area contributed by atoms with E-state index < -0.39 is 0 Å². The molecule has 0 fully saturated rings. The van der Waals surface area contributed by atoms with E-state index in [9.17, 15) is 0 Å². The lowest BCUT2D eigenvalue weighted by Gasteiger charge is -1.87. The van der Waals surface area contributed by atoms with Gasteiger partial charge in [-0.05, 0) is 19.9 Å². The molecule has 0 unspecified atom stereocenters. The van der Waals surface area contributed by atoms with Crippen LogP contribution in [0.5, 0.6) is 0 Å². The summed E-state index contributed by atoms with van der Waals surface area (Å²) < 4.78 is 0. The smallest absolute Gasteiger partial charge is 0.115 e. The summed E-state index contributed by atoms with van der Waals surface area (Å²) in [4.78, 5) is 3.93. The van der Waals surface area contributed by atoms with Crippen molar-refractivity contribution < 1.29 is 0 Å². The summed E-state index contributed by atoms with van der Waals surface area (Å²) in [5, 5.41) is 8.32. The van der Waals surface area contributed by atoms with E-state index in [0.29, 0.717) is 5.71 Å². The maximum atomic E-state index is 8.32. The van der Waals surface area contributed by atoms with Crippen molar-refractivity contribution in [3.63, 3.8) is 0 Å². The summed E-state index contributed by atoms with van der Waals surface area (Å²) in [7, 11) is 0. The first kappa shape index (κ1) is 8.64. The van der Waals surface area contributed by atoms with Crippen molar-refractivity contribution in [2.45, 2.75) is 13.8 Å². The lowest BCUT2D eigenvalue weighted by molar-refractivity contribution is 1.30. The number of nitriles is 1. The molecule has 0 saturated carbocycles. The number of nitrogens with zero attached hydrogens (tertiary/aromatic N) is 2. The van der Waals surface area contributed by atoms with Crippen molar-refractivity contribution in [3.05, 3.63) is 24.4 Å². The average Bonchev–Trinajstić information content (AvgIpc) is 1.88. The molecule has 0 spiro atoms. The molecule has 0 amide bonds. The van der Waals surface area contributed by atoms with Crippen LogP contribution in [0.3, 0.4) is 0 Å². The van der Waals surface area contributed by atoms with E-state index in [1.54, 1.807) is 19.1 Å². The van der Waals surface area contributed by atoms with Gasteiger partial charge in [-0.1, -0.05) is 12.7 Å². The zero-order valence-corrected chi connectivity index (χ0v) is 6.26. The van der Waals surface area contributed by atoms with Crippen LogP contribution in [0.4, 0.5) is 0 Å². The topological polar surface area (TPSA) is 36.1 Å². The van der Waals surface area contributed by atoms with Crippen LogP contribution in [0.1, 0.15) is 13.8 Å². The molecule has 52 valence electrons. The zero-order chi connectivity index (χ0) is 7.98. The van der Waals surface area contributed by atoms with Gasteiger partial charge in [0.1, 0.15) is 11.8 Å². The van der Waals surface area contributed by atoms with Crippen LogP contribution in [0.2, 0.25) is 0 Å². The molecule has 10 heavy (non-hydrogen) atoms. The van der Waals surface area contributed by atoms with Crippen molar-refractivity contribution in [1.29, 1.82) is 5.26 Å². The molecule has 0 radical (unpaired) electrons. The van der Waals surface area contributed by atoms with Crippen LogP contribution in [-0.2, 0) is 0 Å². The van der Waals surface area contributed by atoms with Gasteiger partial charge >= 0.3 is 0 Å². The highest BCUT2D eigenvalue weighted by Gasteiger charge is 1.84. The molecule has 0 bridgehead atoms. The van der Waals surface area contributed by atoms with Crippen LogP contribution in [-0.4, -0.2) is 5.71 Å². The minimum absolute atomic E-state index is 0.468. The zero-order valence-electron chi connectivity index (χ0n) is 6.26. The highest BCUT2D eigenvalue weighted by atomic mass is 14.7. The fraction of sp³-hybridized carbons (Fsp3) is 0.250. The molecule has 0 aromatic rings. The van der Waals surface area contributed by atoms with Gasteiger partial charge in [-0.2, -0.15) is 5.26 Å². The standard InChI is InChI=1S/C8H10N2/c1-4-5-7(2)10-8(3)6-9/h4-5H,1H2,2-3H3/b7-5-,10-8+. The lowest BCUT2D eigenvalue weighted by Crippen LogP contribution is -1.83. The number of rotatable bonds is 2. The van der Waals surface area contributed by atoms with Gasteiger partial charge in [-0.3, -0.25) is 0 Å². The van der Waals surface area contributed by atoms with Crippen LogP contribution in [0.15, 0.2) is 29.4 Å². The van der Waals surface area contributed by atoms with Gasteiger partial charge in [-0.25, -0.2) is 4.99 Å². The summed E-state index contributed by atoms with van der Waals surface area (Å²) in [6.45, 7) is 6.99. The average molecular weight is 134 g/mol. The Balaban J connectivity index is 4.29. The fourth-order valence-corrected chi connectivity index (χ4v) is 0.497. The Morgan fingerprint density at radius 3 is 2.60 bits per heavy atom. The summed E-state index contributed by atoms with van der Waals surface area (Å²) >= 11 is 0. The van der Waals surface area contributed by atoms with Gasteiger partial charge in [-0.15, -0.1) is 0 Å². The SMILES string of the molecule is C=C/C=C(C)\N=C(/C)C#N. The Hall–Kier alpha value is -1.36. The van der Waals surface area contributed by atoms with Gasteiger partial charge in [0.15, 0.2) is 0 Å². The Morgan fingerprint density at radius 1 is 1.60 bits per heavy atom. The van der Waals surface area contributed by atoms with Gasteiger partial charge in [0.05, 0.1) is 0 Å². The third kappa shape index (κ3) is 3.62. The first-order chi connectivity index (χ1) is 4.70. The van der Waals surface area contributed by atoms with Crippen molar-refractivity contribution in [2.75, 3.05) is 0 Å². The van der Waals surface area contributed by atoms with Crippen LogP contribution in [0, 0.1) is 11.3 Å². The molecule has 0 N–H and O–H groups in total. The summed E-state index contributed by atoms with van der Waals surface area (Å²) in [6, 6.07) is 1.93. The number of hydrogen-bond donors (Lipinski definition) is 0. The van der Waals surface area contributed by atoms with Crippen molar-refractivity contribution >= 4 is 5.71 Å². The molecule has 0 rings (SSSR count). The van der Waals surface area contributed by atoms with Gasteiger partial charge < -0.3 is 0 Å². The maximum Gasteiger partial charge on any atom is 0.115 e. The minimum atomic E-state index is 0.468. The molecule has 0 saturated heterocycles. The molecule has 0 aliphatic heterocycles. The Bertz CT molecular complexity index is 216. The highest BCUT2D eigenvalue weighted by molar-refractivity contribution is 5.96. The monoisotopic (exact) mass is 134 g/mol. The molecular weight excluding hydrogens is 124 g/mol. The second-order valence-corrected chi connectivity index (χ2v) is 1.85. The molecule has 0 aromatic heterocycles. The van der Waals surface area contributed by atoms with Gasteiger partial charge in [0.25, 0.3) is 0 Å². The molecule has 0 aromatic carbocycles. The molecule has 0 atom stereocenters. The van der Waals surface area contributed by atoms with Crippen LogP contribution in [0.25, 0.3) is 0 Å². The fourth-order valence-electron chi connectivity index (χ4n) is 0.497. The first-order valence-corrected chi connectivity index (χ1v) is 2.95. The second kappa shape index (κ2) is 4.51. The van der Waals surface area contributed by atoms with Crippen molar-refractivity contribution in [1.82, 2.24) is 0 Å². The Labute approximate surface area is 61.2 Å². The van der Waals surface area contributed by atoms with E-state index in [0.717, 1.165) is 5.70 Å². The summed E-state index contributed by atoms with van der Waals surface area (Å²) in [6.07, 6.45) is 3.39. The highest BCUT2D eigenvalue weighted by Crippen LogP contribution is 1.94. The lowest BCUT2D eigenvalue weighted by atomic mass is 10.4. The van der Waals surface area contributed by atoms with Crippen molar-refractivity contribution in [3.8, 4) is 6.07 Å². The largest absolute Gasteiger partial charge is 0.247 e. The van der Waals surface area contributed by atoms with E-state index >= 15 is 0 Å². The van der Waals surface area contributed by atoms with Crippen molar-refractivity contribution in [2.24, 2.45) is 4.99 Å². The predicted molar refractivity (Wildman–Crippen MR) is 42.7 cm³/mol. The number of allylic oxidation sites excluding steroid dienone is 3. The molecule has 0 aliphatic carbocycles. The normalized spacial score (nSPS) is 12.5. The third-order valence-corrected chi connectivity index (χ3v) is 0.865. The van der Waals surface area contributed by atoms with Gasteiger partial charge in [0, 0.05) is 5.70 Å². The van der Waals surface area contributed by atoms with Gasteiger partial charge in [0.2, 0.25) is 0 Å². The molecule has 2 nitrogen and oxygen atoms in total. The molecule has 0 heterocycles. The predicted octanol–water partition coefficient (Wildman–Crippen LogP) is 2.06. The van der Waals surface area contributed by atoms with E-state index in [4.69, 9.17) is 5.26 Å². The minimum Gasteiger partial charge on any atom is -0.247 e. The van der Waals surface area contributed by atoms with Crippen LogP contribution >= 0.6 is 0 Å². The summed E-state index contributed by atoms with van der Waals surface area (Å²) in [5.74, 6) is 0. The van der Waals surface area contributed by atoms with E-state index in [-0.39, 0.29) is 0 Å². The third-order valence-electron chi connectivity index (χ3n) is 0.865. The Morgan fingerprint density at radius 2 is 2.20 bits per heavy atom. The molecular formula is C8H10N2. The Kier molecular flexibility index (Phi) is 3.90. The number of aliphatic imine (C=N–C) groups is 1. The first-order valence-electron chi connectivity index (χ1n) is 2.95. The quantitative estimate of drug-likeness (QED) is 0.420. The molecule has 0 aliphatic rings. The number of hydrogen-bond acceptors (Lipinski definition) is 2. The van der Waals surface area contributed by atoms with Crippen LogP contribution < -0.4 is 0 Å². The molecule has 2 heteroatoms. The maximum absolute atomic E-state index is 8.32. The second-order valence-electron chi connectivity index (χ2n) is 1.85. The van der Waals surface area contributed by atoms with E-state index in [1.165, 1.54) is 0 Å². The van der Waals surface area contributed by atoms with E-state index in [2.05, 4.69) is 11.6 Å². The van der Waals surface area contributed by atoms with E-state index in [1.807, 2.05) is 13.0 Å². The summed E-state index contributed by atoms with van der Waals surface area (Å²) in [5.41, 5.74) is 1.27.